The Morgan fingerprint density at radius 1 is 1.00 bits per heavy atom. The Hall–Kier alpha value is -4.00. The van der Waals surface area contributed by atoms with Gasteiger partial charge in [0, 0.05) is 18.1 Å². The van der Waals surface area contributed by atoms with Gasteiger partial charge in [-0.2, -0.15) is 0 Å². The minimum Gasteiger partial charge on any atom is -0.467 e. The largest absolute Gasteiger partial charge is 0.467 e. The fourth-order valence-corrected chi connectivity index (χ4v) is 4.15. The molecule has 7 heteroatoms. The maximum absolute atomic E-state index is 12.8. The molecule has 0 saturated heterocycles. The molecule has 0 fully saturated rings. The summed E-state index contributed by atoms with van der Waals surface area (Å²) in [7, 11) is 1.29. The van der Waals surface area contributed by atoms with Crippen molar-refractivity contribution in [3.63, 3.8) is 0 Å². The number of amides is 1. The van der Waals surface area contributed by atoms with Crippen molar-refractivity contribution in [2.24, 2.45) is 0 Å². The van der Waals surface area contributed by atoms with Crippen molar-refractivity contribution in [3.05, 3.63) is 99.6 Å². The summed E-state index contributed by atoms with van der Waals surface area (Å²) in [5, 5.41) is 13.8. The second kappa shape index (κ2) is 8.39. The van der Waals surface area contributed by atoms with E-state index in [2.05, 4.69) is 5.32 Å². The summed E-state index contributed by atoms with van der Waals surface area (Å²) in [6.07, 6.45) is -0.0921. The van der Waals surface area contributed by atoms with Crippen LogP contribution in [-0.2, 0) is 20.7 Å². The van der Waals surface area contributed by atoms with E-state index >= 15 is 0 Å². The third-order valence-electron chi connectivity index (χ3n) is 5.47. The monoisotopic (exact) mass is 416 g/mol. The minimum absolute atomic E-state index is 0.0894. The van der Waals surface area contributed by atoms with Crippen LogP contribution in [0.1, 0.15) is 22.6 Å². The number of ether oxygens (including phenoxy) is 1. The Morgan fingerprint density at radius 3 is 2.19 bits per heavy atom. The number of hydrogen-bond acceptors (Lipinski definition) is 5. The van der Waals surface area contributed by atoms with E-state index in [4.69, 9.17) is 4.74 Å². The molecule has 0 aromatic heterocycles. The highest BCUT2D eigenvalue weighted by Crippen LogP contribution is 2.46. The minimum atomic E-state index is -0.930. The number of nitrogens with zero attached hydrogens (tertiary/aromatic N) is 1. The molecule has 0 unspecified atom stereocenters. The van der Waals surface area contributed by atoms with E-state index in [1.807, 2.05) is 48.5 Å². The summed E-state index contributed by atoms with van der Waals surface area (Å²) in [4.78, 5) is 36.0. The number of rotatable bonds is 6. The Kier molecular flexibility index (Phi) is 5.49. The van der Waals surface area contributed by atoms with Gasteiger partial charge in [-0.25, -0.2) is 4.79 Å². The molecule has 0 heterocycles. The van der Waals surface area contributed by atoms with Gasteiger partial charge < -0.3 is 10.1 Å². The van der Waals surface area contributed by atoms with Crippen LogP contribution >= 0.6 is 0 Å². The predicted molar refractivity (Wildman–Crippen MR) is 114 cm³/mol. The number of non-ortho nitro benzene ring substituents is 1. The molecule has 1 aliphatic rings. The topological polar surface area (TPSA) is 98.5 Å². The Morgan fingerprint density at radius 2 is 1.61 bits per heavy atom. The predicted octanol–water partition coefficient (Wildman–Crippen LogP) is 3.61. The second-order valence-electron chi connectivity index (χ2n) is 7.32. The van der Waals surface area contributed by atoms with Crippen LogP contribution < -0.4 is 5.32 Å². The van der Waals surface area contributed by atoms with Gasteiger partial charge in [-0.15, -0.1) is 0 Å². The van der Waals surface area contributed by atoms with Crippen molar-refractivity contribution in [2.75, 3.05) is 7.11 Å². The molecule has 3 aromatic carbocycles. The lowest BCUT2D eigenvalue weighted by atomic mass is 9.89. The van der Waals surface area contributed by atoms with Gasteiger partial charge in [-0.1, -0.05) is 60.7 Å². The standard InChI is InChI=1S/C24H20N2O5/c1-31-24(28)23(25-21(27)14-15-7-6-8-16(13-15)26(29)30)22-19-11-4-2-9-17(19)18-10-3-5-12-20(18)22/h2-13,22-23H,14H2,1H3,(H,25,27)/t23-/m1/s1. The summed E-state index contributed by atoms with van der Waals surface area (Å²) < 4.78 is 5.01. The van der Waals surface area contributed by atoms with Crippen LogP contribution in [0.2, 0.25) is 0 Å². The summed E-state index contributed by atoms with van der Waals surface area (Å²) in [6, 6.07) is 20.5. The van der Waals surface area contributed by atoms with Crippen LogP contribution in [0.15, 0.2) is 72.8 Å². The van der Waals surface area contributed by atoms with Crippen LogP contribution in [0.4, 0.5) is 5.69 Å². The normalized spacial score (nSPS) is 13.1. The number of nitro groups is 1. The van der Waals surface area contributed by atoms with Gasteiger partial charge >= 0.3 is 5.97 Å². The second-order valence-corrected chi connectivity index (χ2v) is 7.32. The van der Waals surface area contributed by atoms with E-state index < -0.39 is 28.8 Å². The van der Waals surface area contributed by atoms with E-state index in [-0.39, 0.29) is 12.1 Å². The van der Waals surface area contributed by atoms with Crippen molar-refractivity contribution in [3.8, 4) is 11.1 Å². The number of esters is 1. The molecule has 1 amide bonds. The average molecular weight is 416 g/mol. The first-order chi connectivity index (χ1) is 15.0. The molecule has 0 saturated carbocycles. The van der Waals surface area contributed by atoms with Crippen LogP contribution in [0.3, 0.4) is 0 Å². The maximum atomic E-state index is 12.8. The van der Waals surface area contributed by atoms with Crippen molar-refractivity contribution in [1.29, 1.82) is 0 Å². The number of benzene rings is 3. The Bertz CT molecular complexity index is 1130. The van der Waals surface area contributed by atoms with E-state index in [9.17, 15) is 19.7 Å². The van der Waals surface area contributed by atoms with Crippen molar-refractivity contribution >= 4 is 17.6 Å². The average Bonchev–Trinajstić information content (AvgIpc) is 3.11. The lowest BCUT2D eigenvalue weighted by molar-refractivity contribution is -0.384. The first-order valence-corrected chi connectivity index (χ1v) is 9.78. The Balaban J connectivity index is 1.65. The van der Waals surface area contributed by atoms with Crippen LogP contribution in [0.5, 0.6) is 0 Å². The summed E-state index contributed by atoms with van der Waals surface area (Å²) in [6.45, 7) is 0. The number of hydrogen-bond donors (Lipinski definition) is 1. The zero-order chi connectivity index (χ0) is 22.0. The number of carbonyl (C=O) groups is 2. The first-order valence-electron chi connectivity index (χ1n) is 9.78. The number of carbonyl (C=O) groups excluding carboxylic acids is 2. The molecule has 1 aliphatic carbocycles. The molecule has 0 bridgehead atoms. The quantitative estimate of drug-likeness (QED) is 0.376. The van der Waals surface area contributed by atoms with Crippen LogP contribution in [0.25, 0.3) is 11.1 Å². The van der Waals surface area contributed by atoms with Gasteiger partial charge in [0.1, 0.15) is 6.04 Å². The SMILES string of the molecule is COC(=O)[C@H](NC(=O)Cc1cccc([N+](=O)[O-])c1)C1c2ccccc2-c2ccccc21. The van der Waals surface area contributed by atoms with Crippen molar-refractivity contribution in [1.82, 2.24) is 5.32 Å². The van der Waals surface area contributed by atoms with Gasteiger partial charge in [0.2, 0.25) is 5.91 Å². The smallest absolute Gasteiger partial charge is 0.329 e. The zero-order valence-corrected chi connectivity index (χ0v) is 16.8. The summed E-state index contributed by atoms with van der Waals surface area (Å²) in [5.74, 6) is -1.37. The molecule has 0 aliphatic heterocycles. The van der Waals surface area contributed by atoms with E-state index in [1.165, 1.54) is 25.3 Å². The number of nitro benzene ring substituents is 1. The highest BCUT2D eigenvalue weighted by molar-refractivity contribution is 5.90. The molecular weight excluding hydrogens is 396 g/mol. The van der Waals surface area contributed by atoms with Crippen LogP contribution in [0, 0.1) is 10.1 Å². The van der Waals surface area contributed by atoms with Crippen molar-refractivity contribution in [2.45, 2.75) is 18.4 Å². The number of nitrogens with one attached hydrogen (secondary N) is 1. The lowest BCUT2D eigenvalue weighted by Gasteiger charge is -2.24. The van der Waals surface area contributed by atoms with Crippen molar-refractivity contribution < 1.29 is 19.2 Å². The molecule has 7 nitrogen and oxygen atoms in total. The third kappa shape index (κ3) is 3.90. The highest BCUT2D eigenvalue weighted by Gasteiger charge is 2.39. The third-order valence-corrected chi connectivity index (χ3v) is 5.47. The van der Waals surface area contributed by atoms with E-state index in [1.54, 1.807) is 6.07 Å². The number of methoxy groups -OCH3 is 1. The lowest BCUT2D eigenvalue weighted by Crippen LogP contribution is -2.46. The fraction of sp³-hybridized carbons (Fsp3) is 0.167. The molecule has 1 N–H and O–H groups in total. The van der Waals surface area contributed by atoms with E-state index in [0.29, 0.717) is 5.56 Å². The zero-order valence-electron chi connectivity index (χ0n) is 16.8. The summed E-state index contributed by atoms with van der Waals surface area (Å²) in [5.41, 5.74) is 4.32. The molecular formula is C24H20N2O5. The molecule has 4 rings (SSSR count). The molecule has 1 atom stereocenters. The molecule has 156 valence electrons. The molecule has 3 aromatic rings. The van der Waals surface area contributed by atoms with Gasteiger partial charge in [-0.3, -0.25) is 14.9 Å². The summed E-state index contributed by atoms with van der Waals surface area (Å²) >= 11 is 0. The highest BCUT2D eigenvalue weighted by atomic mass is 16.6. The van der Waals surface area contributed by atoms with Crippen LogP contribution in [-0.4, -0.2) is 30.0 Å². The van der Waals surface area contributed by atoms with Gasteiger partial charge in [0.25, 0.3) is 5.69 Å². The Labute approximate surface area is 178 Å². The van der Waals surface area contributed by atoms with Gasteiger partial charge in [0.05, 0.1) is 18.5 Å². The molecule has 31 heavy (non-hydrogen) atoms. The van der Waals surface area contributed by atoms with Gasteiger partial charge in [0.15, 0.2) is 0 Å². The molecule has 0 radical (unpaired) electrons. The first kappa shape index (κ1) is 20.3. The maximum Gasteiger partial charge on any atom is 0.329 e. The fourth-order valence-electron chi connectivity index (χ4n) is 4.15. The molecule has 0 spiro atoms. The van der Waals surface area contributed by atoms with Gasteiger partial charge in [-0.05, 0) is 27.8 Å². The number of fused-ring (bicyclic) bond motifs is 3. The van der Waals surface area contributed by atoms with E-state index in [0.717, 1.165) is 22.3 Å².